The third kappa shape index (κ3) is 4.83. The number of pyridine rings is 1. The molecule has 0 aliphatic carbocycles. The van der Waals surface area contributed by atoms with Crippen molar-refractivity contribution in [1.82, 2.24) is 10.3 Å². The van der Waals surface area contributed by atoms with Gasteiger partial charge in [-0.3, -0.25) is 9.59 Å². The van der Waals surface area contributed by atoms with Crippen molar-refractivity contribution in [1.29, 1.82) is 0 Å². The fraction of sp³-hybridized carbons (Fsp3) is 0.462. The van der Waals surface area contributed by atoms with E-state index in [2.05, 4.69) is 26.2 Å². The second-order valence-corrected chi connectivity index (χ2v) is 5.68. The standard InChI is InChI=1S/C13H15BrClFN2O2/c1-3-9(10(19)5-11(14)16)18-13(20)8-4-7(2)12(15)17-6-8/h4,6,9,11H,3,5H2,1-2H3,(H,18,20). The molecular formula is C13H15BrClFN2O2. The predicted molar refractivity (Wildman–Crippen MR) is 79.0 cm³/mol. The van der Waals surface area contributed by atoms with Gasteiger partial charge in [0.05, 0.1) is 11.6 Å². The highest BCUT2D eigenvalue weighted by atomic mass is 79.9. The van der Waals surface area contributed by atoms with Gasteiger partial charge in [0.15, 0.2) is 10.9 Å². The highest BCUT2D eigenvalue weighted by Gasteiger charge is 2.22. The monoisotopic (exact) mass is 364 g/mol. The highest BCUT2D eigenvalue weighted by Crippen LogP contribution is 2.14. The number of nitrogens with one attached hydrogen (secondary N) is 1. The number of hydrogen-bond donors (Lipinski definition) is 1. The quantitative estimate of drug-likeness (QED) is 0.622. The van der Waals surface area contributed by atoms with Crippen molar-refractivity contribution in [3.63, 3.8) is 0 Å². The van der Waals surface area contributed by atoms with Crippen molar-refractivity contribution < 1.29 is 14.0 Å². The summed E-state index contributed by atoms with van der Waals surface area (Å²) in [6.07, 6.45) is 1.45. The Kier molecular flexibility index (Phi) is 6.55. The molecule has 2 atom stereocenters. The minimum absolute atomic E-state index is 0.281. The molecule has 0 bridgehead atoms. The van der Waals surface area contributed by atoms with Crippen LogP contribution >= 0.6 is 27.5 Å². The van der Waals surface area contributed by atoms with Crippen LogP contribution in [0.5, 0.6) is 0 Å². The first-order valence-corrected chi connectivity index (χ1v) is 7.38. The first-order chi connectivity index (χ1) is 9.35. The van der Waals surface area contributed by atoms with Gasteiger partial charge in [0, 0.05) is 12.6 Å². The Balaban J connectivity index is 2.76. The Morgan fingerprint density at radius 3 is 2.70 bits per heavy atom. The summed E-state index contributed by atoms with van der Waals surface area (Å²) in [6.45, 7) is 3.47. The molecule has 0 fully saturated rings. The van der Waals surface area contributed by atoms with E-state index >= 15 is 0 Å². The number of rotatable bonds is 6. The normalized spacial score (nSPS) is 13.7. The molecule has 1 amide bonds. The van der Waals surface area contributed by atoms with Crippen molar-refractivity contribution >= 4 is 39.2 Å². The van der Waals surface area contributed by atoms with E-state index in [1.807, 2.05) is 0 Å². The number of nitrogens with zero attached hydrogens (tertiary/aromatic N) is 1. The van der Waals surface area contributed by atoms with Crippen LogP contribution in [0.15, 0.2) is 12.3 Å². The van der Waals surface area contributed by atoms with Crippen molar-refractivity contribution in [2.24, 2.45) is 0 Å². The van der Waals surface area contributed by atoms with E-state index in [1.165, 1.54) is 6.20 Å². The third-order valence-corrected chi connectivity index (χ3v) is 3.45. The van der Waals surface area contributed by atoms with Crippen molar-refractivity contribution in [2.45, 2.75) is 37.8 Å². The van der Waals surface area contributed by atoms with Gasteiger partial charge >= 0.3 is 0 Å². The topological polar surface area (TPSA) is 59.1 Å². The summed E-state index contributed by atoms with van der Waals surface area (Å²) in [5, 5.41) is 1.50. The number of aryl methyl sites for hydroxylation is 1. The van der Waals surface area contributed by atoms with Crippen LogP contribution in [0.3, 0.4) is 0 Å². The van der Waals surface area contributed by atoms with Crippen molar-refractivity contribution in [3.05, 3.63) is 28.5 Å². The van der Waals surface area contributed by atoms with E-state index in [0.717, 1.165) is 0 Å². The largest absolute Gasteiger partial charge is 0.342 e. The smallest absolute Gasteiger partial charge is 0.253 e. The van der Waals surface area contributed by atoms with Gasteiger partial charge in [-0.05, 0) is 25.0 Å². The molecule has 1 heterocycles. The summed E-state index contributed by atoms with van der Waals surface area (Å²) >= 11 is 8.46. The van der Waals surface area contributed by atoms with Gasteiger partial charge in [-0.2, -0.15) is 0 Å². The molecule has 1 aromatic rings. The van der Waals surface area contributed by atoms with Gasteiger partial charge in [-0.25, -0.2) is 9.37 Å². The summed E-state index contributed by atoms with van der Waals surface area (Å²) in [7, 11) is 0. The van der Waals surface area contributed by atoms with E-state index in [-0.39, 0.29) is 12.2 Å². The molecule has 2 unspecified atom stereocenters. The Morgan fingerprint density at radius 2 is 2.20 bits per heavy atom. The Labute approximate surface area is 130 Å². The summed E-state index contributed by atoms with van der Waals surface area (Å²) in [5.74, 6) is -0.786. The zero-order valence-electron chi connectivity index (χ0n) is 11.1. The highest BCUT2D eigenvalue weighted by molar-refractivity contribution is 9.09. The summed E-state index contributed by atoms with van der Waals surface area (Å²) in [6, 6.07) is 0.874. The molecule has 1 N–H and O–H groups in total. The molecule has 0 aromatic carbocycles. The van der Waals surface area contributed by atoms with Crippen LogP contribution in [0.2, 0.25) is 5.15 Å². The van der Waals surface area contributed by atoms with Gasteiger partial charge in [0.25, 0.3) is 5.91 Å². The molecule has 1 aromatic heterocycles. The Morgan fingerprint density at radius 1 is 1.55 bits per heavy atom. The number of carbonyl (C=O) groups excluding carboxylic acids is 2. The molecule has 20 heavy (non-hydrogen) atoms. The van der Waals surface area contributed by atoms with Crippen LogP contribution in [-0.4, -0.2) is 27.8 Å². The molecule has 0 aliphatic rings. The summed E-state index contributed by atoms with van der Waals surface area (Å²) in [4.78, 5) is 27.6. The van der Waals surface area contributed by atoms with Gasteiger partial charge in [0.1, 0.15) is 5.15 Å². The van der Waals surface area contributed by atoms with Crippen LogP contribution in [0.1, 0.15) is 35.7 Å². The van der Waals surface area contributed by atoms with Gasteiger partial charge < -0.3 is 5.32 Å². The number of alkyl halides is 2. The molecule has 0 radical (unpaired) electrons. The van der Waals surface area contributed by atoms with Crippen LogP contribution in [-0.2, 0) is 4.79 Å². The molecular weight excluding hydrogens is 351 g/mol. The van der Waals surface area contributed by atoms with E-state index in [9.17, 15) is 14.0 Å². The lowest BCUT2D eigenvalue weighted by Crippen LogP contribution is -2.41. The average Bonchev–Trinajstić information content (AvgIpc) is 2.37. The maximum Gasteiger partial charge on any atom is 0.253 e. The van der Waals surface area contributed by atoms with Crippen LogP contribution in [0.25, 0.3) is 0 Å². The lowest BCUT2D eigenvalue weighted by atomic mass is 10.1. The summed E-state index contributed by atoms with van der Waals surface area (Å²) < 4.78 is 12.8. The lowest BCUT2D eigenvalue weighted by molar-refractivity contribution is -0.121. The third-order valence-electron chi connectivity index (χ3n) is 2.73. The zero-order chi connectivity index (χ0) is 15.3. The molecule has 110 valence electrons. The first-order valence-electron chi connectivity index (χ1n) is 6.09. The number of Topliss-reactive ketones (excluding diaryl/α,β-unsaturated/α-hetero) is 1. The summed E-state index contributed by atoms with van der Waals surface area (Å²) in [5.41, 5.74) is 0.983. The Bertz CT molecular complexity index is 511. The zero-order valence-corrected chi connectivity index (χ0v) is 13.5. The fourth-order valence-corrected chi connectivity index (χ4v) is 2.05. The van der Waals surface area contributed by atoms with Crippen molar-refractivity contribution in [3.8, 4) is 0 Å². The van der Waals surface area contributed by atoms with Gasteiger partial charge in [-0.1, -0.05) is 34.5 Å². The van der Waals surface area contributed by atoms with Crippen LogP contribution < -0.4 is 5.32 Å². The van der Waals surface area contributed by atoms with Crippen LogP contribution in [0, 0.1) is 6.92 Å². The number of amides is 1. The van der Waals surface area contributed by atoms with Gasteiger partial charge in [-0.15, -0.1) is 0 Å². The van der Waals surface area contributed by atoms with E-state index in [1.54, 1.807) is 19.9 Å². The molecule has 0 saturated carbocycles. The fourth-order valence-electron chi connectivity index (χ4n) is 1.63. The van der Waals surface area contributed by atoms with Crippen molar-refractivity contribution in [2.75, 3.05) is 0 Å². The number of carbonyl (C=O) groups is 2. The number of halogens is 3. The molecule has 0 aliphatic heterocycles. The average molecular weight is 366 g/mol. The Hall–Kier alpha value is -1.01. The van der Waals surface area contributed by atoms with Crippen LogP contribution in [0.4, 0.5) is 4.39 Å². The first kappa shape index (κ1) is 17.0. The van der Waals surface area contributed by atoms with E-state index in [0.29, 0.717) is 22.7 Å². The van der Waals surface area contributed by atoms with E-state index in [4.69, 9.17) is 11.6 Å². The molecule has 1 rings (SSSR count). The maximum absolute atomic E-state index is 12.8. The molecule has 0 spiro atoms. The minimum Gasteiger partial charge on any atom is -0.342 e. The second-order valence-electron chi connectivity index (χ2n) is 4.33. The van der Waals surface area contributed by atoms with Gasteiger partial charge in [0.2, 0.25) is 0 Å². The molecule has 0 saturated heterocycles. The maximum atomic E-state index is 12.8. The number of aromatic nitrogens is 1. The minimum atomic E-state index is -1.40. The lowest BCUT2D eigenvalue weighted by Gasteiger charge is -2.16. The molecule has 7 heteroatoms. The van der Waals surface area contributed by atoms with E-state index < -0.39 is 17.0 Å². The predicted octanol–water partition coefficient (Wildman–Crippen LogP) is 3.20. The number of hydrogen-bond acceptors (Lipinski definition) is 3. The molecule has 4 nitrogen and oxygen atoms in total. The number of ketones is 1. The SMILES string of the molecule is CCC(NC(=O)c1cnc(Cl)c(C)c1)C(=O)CC(F)Br. The second kappa shape index (κ2) is 7.69.